The topological polar surface area (TPSA) is 45.4 Å². The molecule has 5 nitrogen and oxygen atoms in total. The highest BCUT2D eigenvalue weighted by Crippen LogP contribution is 2.18. The molecule has 1 fully saturated rings. The van der Waals surface area contributed by atoms with E-state index in [9.17, 15) is 4.39 Å². The zero-order chi connectivity index (χ0) is 20.1. The summed E-state index contributed by atoms with van der Waals surface area (Å²) >= 11 is 0. The molecule has 0 N–H and O–H groups in total. The van der Waals surface area contributed by atoms with Crippen LogP contribution in [0.4, 0.5) is 4.39 Å². The smallest absolute Gasteiger partial charge is 0.241 e. The number of aryl methyl sites for hydroxylation is 1. The lowest BCUT2D eigenvalue weighted by Crippen LogP contribution is -2.30. The number of hydrogen-bond acceptors (Lipinski definition) is 5. The van der Waals surface area contributed by atoms with Gasteiger partial charge in [-0.25, -0.2) is 4.39 Å². The van der Waals surface area contributed by atoms with Crippen molar-refractivity contribution < 1.29 is 8.91 Å². The Labute approximate surface area is 171 Å². The fraction of sp³-hybridized carbons (Fsp3) is 0.391. The maximum Gasteiger partial charge on any atom is 0.241 e. The first-order chi connectivity index (χ1) is 14.2. The van der Waals surface area contributed by atoms with Crippen molar-refractivity contribution in [1.29, 1.82) is 0 Å². The molecule has 0 aliphatic carbocycles. The van der Waals surface area contributed by atoms with E-state index in [-0.39, 0.29) is 5.82 Å². The minimum absolute atomic E-state index is 0.184. The third-order valence-electron chi connectivity index (χ3n) is 5.45. The first-order valence-corrected chi connectivity index (χ1v) is 10.3. The molecule has 152 valence electrons. The largest absolute Gasteiger partial charge is 0.338 e. The van der Waals surface area contributed by atoms with E-state index in [0.29, 0.717) is 18.3 Å². The second-order valence-electron chi connectivity index (χ2n) is 7.59. The van der Waals surface area contributed by atoms with E-state index in [1.165, 1.54) is 17.7 Å². The zero-order valence-electron chi connectivity index (χ0n) is 16.9. The molecule has 6 heteroatoms. The molecule has 0 bridgehead atoms. The van der Waals surface area contributed by atoms with Gasteiger partial charge in [-0.15, -0.1) is 0 Å². The van der Waals surface area contributed by atoms with Gasteiger partial charge in [0.2, 0.25) is 11.7 Å². The number of aromatic nitrogens is 2. The summed E-state index contributed by atoms with van der Waals surface area (Å²) in [6, 6.07) is 15.1. The Morgan fingerprint density at radius 2 is 1.52 bits per heavy atom. The second-order valence-corrected chi connectivity index (χ2v) is 7.59. The van der Waals surface area contributed by atoms with Crippen molar-refractivity contribution in [3.05, 3.63) is 71.4 Å². The molecule has 2 aromatic carbocycles. The molecule has 1 aliphatic rings. The van der Waals surface area contributed by atoms with Crippen LogP contribution in [0.3, 0.4) is 0 Å². The maximum absolute atomic E-state index is 13.1. The van der Waals surface area contributed by atoms with Gasteiger partial charge in [-0.2, -0.15) is 4.98 Å². The Balaban J connectivity index is 1.32. The summed E-state index contributed by atoms with van der Waals surface area (Å²) in [6.07, 6.45) is 2.10. The van der Waals surface area contributed by atoms with Gasteiger partial charge in [-0.05, 0) is 49.2 Å². The van der Waals surface area contributed by atoms with E-state index < -0.39 is 0 Å². The highest BCUT2D eigenvalue weighted by atomic mass is 19.1. The van der Waals surface area contributed by atoms with Crippen molar-refractivity contribution in [3.63, 3.8) is 0 Å². The first kappa shape index (κ1) is 19.7. The van der Waals surface area contributed by atoms with Crippen LogP contribution in [-0.2, 0) is 19.5 Å². The summed E-state index contributed by atoms with van der Waals surface area (Å²) in [7, 11) is 0. The van der Waals surface area contributed by atoms with E-state index in [1.54, 1.807) is 0 Å². The summed E-state index contributed by atoms with van der Waals surface area (Å²) in [4.78, 5) is 9.37. The third-order valence-corrected chi connectivity index (χ3v) is 5.45. The normalized spacial score (nSPS) is 16.1. The summed E-state index contributed by atoms with van der Waals surface area (Å²) in [5.74, 6) is 1.12. The molecule has 0 atom stereocenters. The number of rotatable bonds is 6. The van der Waals surface area contributed by atoms with Crippen LogP contribution in [-0.4, -0.2) is 46.1 Å². The quantitative estimate of drug-likeness (QED) is 0.629. The minimum atomic E-state index is -0.184. The summed E-state index contributed by atoms with van der Waals surface area (Å²) in [6.45, 7) is 7.62. The highest BCUT2D eigenvalue weighted by molar-refractivity contribution is 5.54. The van der Waals surface area contributed by atoms with Crippen molar-refractivity contribution in [2.75, 3.05) is 26.2 Å². The van der Waals surface area contributed by atoms with Gasteiger partial charge in [0.1, 0.15) is 5.82 Å². The molecule has 29 heavy (non-hydrogen) atoms. The van der Waals surface area contributed by atoms with Gasteiger partial charge < -0.3 is 4.52 Å². The lowest BCUT2D eigenvalue weighted by atomic mass is 10.1. The maximum atomic E-state index is 13.1. The molecule has 3 aromatic rings. The highest BCUT2D eigenvalue weighted by Gasteiger charge is 2.18. The Kier molecular flexibility index (Phi) is 6.32. The molecule has 1 aliphatic heterocycles. The van der Waals surface area contributed by atoms with E-state index in [2.05, 4.69) is 39.0 Å². The van der Waals surface area contributed by atoms with Crippen LogP contribution in [0.5, 0.6) is 0 Å². The lowest BCUT2D eigenvalue weighted by molar-refractivity contribution is 0.222. The zero-order valence-corrected chi connectivity index (χ0v) is 16.9. The van der Waals surface area contributed by atoms with E-state index in [4.69, 9.17) is 4.52 Å². The molecule has 1 aromatic heterocycles. The predicted octanol–water partition coefficient (Wildman–Crippen LogP) is 4.15. The van der Waals surface area contributed by atoms with Gasteiger partial charge in [0, 0.05) is 25.2 Å². The second kappa shape index (κ2) is 9.29. The van der Waals surface area contributed by atoms with Crippen molar-refractivity contribution >= 4 is 0 Å². The minimum Gasteiger partial charge on any atom is -0.338 e. The molecule has 0 radical (unpaired) electrons. The lowest BCUT2D eigenvalue weighted by Gasteiger charge is -2.20. The molecule has 4 rings (SSSR count). The van der Waals surface area contributed by atoms with E-state index >= 15 is 0 Å². The summed E-state index contributed by atoms with van der Waals surface area (Å²) in [5, 5.41) is 4.15. The number of halogens is 1. The van der Waals surface area contributed by atoms with Gasteiger partial charge >= 0.3 is 0 Å². The Morgan fingerprint density at radius 3 is 2.21 bits per heavy atom. The monoisotopic (exact) mass is 394 g/mol. The van der Waals surface area contributed by atoms with Crippen LogP contribution < -0.4 is 0 Å². The van der Waals surface area contributed by atoms with Crippen molar-refractivity contribution in [2.24, 2.45) is 0 Å². The molecule has 0 saturated carbocycles. The number of hydrogen-bond donors (Lipinski definition) is 0. The van der Waals surface area contributed by atoms with Crippen LogP contribution >= 0.6 is 0 Å². The average Bonchev–Trinajstić information content (AvgIpc) is 3.10. The van der Waals surface area contributed by atoms with Gasteiger partial charge in [0.05, 0.1) is 6.54 Å². The van der Waals surface area contributed by atoms with Gasteiger partial charge in [0.15, 0.2) is 0 Å². The molecular formula is C23H27FN4O. The molecule has 1 saturated heterocycles. The van der Waals surface area contributed by atoms with Crippen LogP contribution in [0.1, 0.15) is 30.4 Å². The molecule has 2 heterocycles. The number of nitrogens with zero attached hydrogens (tertiary/aromatic N) is 4. The molecule has 0 amide bonds. The average molecular weight is 394 g/mol. The van der Waals surface area contributed by atoms with Gasteiger partial charge in [-0.1, -0.05) is 48.5 Å². The first-order valence-electron chi connectivity index (χ1n) is 10.3. The molecule has 0 unspecified atom stereocenters. The standard InChI is InChI=1S/C23H27FN4O/c1-2-18-4-8-20(9-5-18)23-25-22(29-26-23)17-28-13-3-12-27(14-15-28)16-19-6-10-21(24)11-7-19/h4-11H,2-3,12-17H2,1H3. The van der Waals surface area contributed by atoms with Crippen molar-refractivity contribution in [3.8, 4) is 11.4 Å². The Morgan fingerprint density at radius 1 is 0.862 bits per heavy atom. The fourth-order valence-corrected chi connectivity index (χ4v) is 3.71. The third kappa shape index (κ3) is 5.28. The molecular weight excluding hydrogens is 367 g/mol. The van der Waals surface area contributed by atoms with Crippen LogP contribution in [0.25, 0.3) is 11.4 Å². The summed E-state index contributed by atoms with van der Waals surface area (Å²) in [5.41, 5.74) is 3.43. The fourth-order valence-electron chi connectivity index (χ4n) is 3.71. The van der Waals surface area contributed by atoms with Crippen LogP contribution in [0.15, 0.2) is 53.1 Å². The SMILES string of the molecule is CCc1ccc(-c2noc(CN3CCCN(Cc4ccc(F)cc4)CC3)n2)cc1. The Bertz CT molecular complexity index is 907. The predicted molar refractivity (Wildman–Crippen MR) is 111 cm³/mol. The van der Waals surface area contributed by atoms with Gasteiger partial charge in [0.25, 0.3) is 0 Å². The van der Waals surface area contributed by atoms with Crippen molar-refractivity contribution in [2.45, 2.75) is 32.9 Å². The van der Waals surface area contributed by atoms with Crippen molar-refractivity contribution in [1.82, 2.24) is 19.9 Å². The Hall–Kier alpha value is -2.57. The molecule has 0 spiro atoms. The number of benzene rings is 2. The van der Waals surface area contributed by atoms with Gasteiger partial charge in [-0.3, -0.25) is 9.80 Å². The van der Waals surface area contributed by atoms with E-state index in [1.807, 2.05) is 24.3 Å². The van der Waals surface area contributed by atoms with Crippen LogP contribution in [0.2, 0.25) is 0 Å². The van der Waals surface area contributed by atoms with E-state index in [0.717, 1.165) is 56.7 Å². The van der Waals surface area contributed by atoms with Crippen LogP contribution in [0, 0.1) is 5.82 Å². The summed E-state index contributed by atoms with van der Waals surface area (Å²) < 4.78 is 18.6.